The zero-order chi connectivity index (χ0) is 26.2. The van der Waals surface area contributed by atoms with Crippen LogP contribution in [0.3, 0.4) is 0 Å². The minimum atomic E-state index is -0.193. The molecule has 192 valence electrons. The maximum atomic E-state index is 12.5. The Morgan fingerprint density at radius 3 is 2.54 bits per heavy atom. The second-order valence-electron chi connectivity index (χ2n) is 7.83. The van der Waals surface area contributed by atoms with Crippen LogP contribution in [0.4, 0.5) is 5.13 Å². The number of hydrogen-bond donors (Lipinski definition) is 2. The third kappa shape index (κ3) is 7.31. The summed E-state index contributed by atoms with van der Waals surface area (Å²) in [5.74, 6) is 1.21. The highest BCUT2D eigenvalue weighted by atomic mass is 35.5. The SMILES string of the molecule is CCn1c(CNC(=O)Cc2ccc(OC)cc2)nnc1SCC(=O)Nc1nc(-c2ccc(Cl)cc2)cs1. The maximum Gasteiger partial charge on any atom is 0.236 e. The van der Waals surface area contributed by atoms with E-state index in [1.54, 1.807) is 19.2 Å². The maximum absolute atomic E-state index is 12.5. The van der Waals surface area contributed by atoms with Crippen LogP contribution in [0.1, 0.15) is 18.3 Å². The zero-order valence-corrected chi connectivity index (χ0v) is 22.6. The molecule has 2 heterocycles. The van der Waals surface area contributed by atoms with Crippen molar-refractivity contribution in [1.82, 2.24) is 25.1 Å². The van der Waals surface area contributed by atoms with E-state index < -0.39 is 0 Å². The van der Waals surface area contributed by atoms with E-state index in [1.807, 2.05) is 53.3 Å². The number of thioether (sulfide) groups is 1. The smallest absolute Gasteiger partial charge is 0.236 e. The minimum absolute atomic E-state index is 0.120. The number of thiazole rings is 1. The molecule has 37 heavy (non-hydrogen) atoms. The number of nitrogens with zero attached hydrogens (tertiary/aromatic N) is 4. The molecule has 2 aromatic heterocycles. The second kappa shape index (κ2) is 12.7. The molecule has 0 aliphatic heterocycles. The quantitative estimate of drug-likeness (QED) is 0.258. The number of amides is 2. The Labute approximate surface area is 227 Å². The van der Waals surface area contributed by atoms with Crippen LogP contribution < -0.4 is 15.4 Å². The number of nitrogens with one attached hydrogen (secondary N) is 2. The average molecular weight is 557 g/mol. The van der Waals surface area contributed by atoms with Crippen LogP contribution in [0.15, 0.2) is 59.1 Å². The molecule has 12 heteroatoms. The Kier molecular flexibility index (Phi) is 9.15. The van der Waals surface area contributed by atoms with Crippen LogP contribution in [0, 0.1) is 0 Å². The van der Waals surface area contributed by atoms with E-state index in [0.29, 0.717) is 27.7 Å². The van der Waals surface area contributed by atoms with Gasteiger partial charge in [0.25, 0.3) is 0 Å². The van der Waals surface area contributed by atoms with Gasteiger partial charge < -0.3 is 19.9 Å². The lowest BCUT2D eigenvalue weighted by molar-refractivity contribution is -0.120. The summed E-state index contributed by atoms with van der Waals surface area (Å²) in [6.45, 7) is 2.82. The van der Waals surface area contributed by atoms with Gasteiger partial charge in [0, 0.05) is 22.5 Å². The standard InChI is InChI=1S/C25H25ClN6O3S2/c1-3-32-21(13-27-22(33)12-16-4-10-19(35-2)11-5-16)30-31-25(32)37-15-23(34)29-24-28-20(14-36-24)17-6-8-18(26)9-7-17/h4-11,14H,3,12-13,15H2,1-2H3,(H,27,33)(H,28,29,34). The van der Waals surface area contributed by atoms with Gasteiger partial charge in [-0.3, -0.25) is 9.59 Å². The molecule has 0 aliphatic rings. The molecule has 2 amide bonds. The largest absolute Gasteiger partial charge is 0.497 e. The van der Waals surface area contributed by atoms with Gasteiger partial charge in [-0.1, -0.05) is 47.6 Å². The molecule has 9 nitrogen and oxygen atoms in total. The molecule has 0 saturated carbocycles. The molecule has 4 rings (SSSR count). The van der Waals surface area contributed by atoms with Gasteiger partial charge >= 0.3 is 0 Å². The Bertz CT molecular complexity index is 1360. The minimum Gasteiger partial charge on any atom is -0.497 e. The fourth-order valence-corrected chi connectivity index (χ4v) is 5.10. The number of aromatic nitrogens is 4. The summed E-state index contributed by atoms with van der Waals surface area (Å²) in [5, 5.41) is 17.8. The van der Waals surface area contributed by atoms with E-state index in [9.17, 15) is 9.59 Å². The highest BCUT2D eigenvalue weighted by Crippen LogP contribution is 2.26. The molecule has 2 aromatic carbocycles. The molecule has 0 bridgehead atoms. The Balaban J connectivity index is 1.27. The third-order valence-electron chi connectivity index (χ3n) is 5.30. The van der Waals surface area contributed by atoms with Crippen molar-refractivity contribution in [3.8, 4) is 17.0 Å². The number of anilines is 1. The first-order valence-corrected chi connectivity index (χ1v) is 13.6. The van der Waals surface area contributed by atoms with Gasteiger partial charge in [0.15, 0.2) is 16.1 Å². The molecule has 0 atom stereocenters. The number of rotatable bonds is 11. The molecule has 0 radical (unpaired) electrons. The highest BCUT2D eigenvalue weighted by molar-refractivity contribution is 7.99. The molecule has 0 saturated heterocycles. The number of methoxy groups -OCH3 is 1. The lowest BCUT2D eigenvalue weighted by Gasteiger charge is -2.09. The number of halogens is 1. The van der Waals surface area contributed by atoms with Crippen LogP contribution in [-0.2, 0) is 29.1 Å². The molecular weight excluding hydrogens is 532 g/mol. The average Bonchev–Trinajstić information content (AvgIpc) is 3.53. The number of carbonyl (C=O) groups excluding carboxylic acids is 2. The van der Waals surface area contributed by atoms with Crippen LogP contribution in [0.2, 0.25) is 5.02 Å². The Morgan fingerprint density at radius 1 is 1.08 bits per heavy atom. The van der Waals surface area contributed by atoms with Crippen LogP contribution in [-0.4, -0.2) is 44.4 Å². The van der Waals surface area contributed by atoms with E-state index in [4.69, 9.17) is 16.3 Å². The number of benzene rings is 2. The summed E-state index contributed by atoms with van der Waals surface area (Å²) < 4.78 is 7.02. The predicted molar refractivity (Wildman–Crippen MR) is 146 cm³/mol. The van der Waals surface area contributed by atoms with Gasteiger partial charge in [0.2, 0.25) is 11.8 Å². The topological polar surface area (TPSA) is 111 Å². The van der Waals surface area contributed by atoms with Crippen molar-refractivity contribution in [2.45, 2.75) is 31.6 Å². The van der Waals surface area contributed by atoms with Gasteiger partial charge in [0.1, 0.15) is 5.75 Å². The third-order valence-corrected chi connectivity index (χ3v) is 7.28. The van der Waals surface area contributed by atoms with Gasteiger partial charge in [-0.25, -0.2) is 4.98 Å². The predicted octanol–water partition coefficient (Wildman–Crippen LogP) is 4.67. The molecule has 2 N–H and O–H groups in total. The Morgan fingerprint density at radius 2 is 1.84 bits per heavy atom. The van der Waals surface area contributed by atoms with Crippen molar-refractivity contribution in [2.24, 2.45) is 0 Å². The number of hydrogen-bond acceptors (Lipinski definition) is 8. The van der Waals surface area contributed by atoms with Gasteiger partial charge in [-0.2, -0.15) is 0 Å². The van der Waals surface area contributed by atoms with Gasteiger partial charge in [0.05, 0.1) is 31.5 Å². The molecule has 0 aliphatic carbocycles. The summed E-state index contributed by atoms with van der Waals surface area (Å²) >= 11 is 8.58. The van der Waals surface area contributed by atoms with E-state index >= 15 is 0 Å². The molecule has 0 unspecified atom stereocenters. The van der Waals surface area contributed by atoms with E-state index in [2.05, 4.69) is 25.8 Å². The summed E-state index contributed by atoms with van der Waals surface area (Å²) in [5.41, 5.74) is 2.59. The molecule has 4 aromatic rings. The lowest BCUT2D eigenvalue weighted by Crippen LogP contribution is -2.26. The summed E-state index contributed by atoms with van der Waals surface area (Å²) in [6, 6.07) is 14.7. The summed E-state index contributed by atoms with van der Waals surface area (Å²) in [4.78, 5) is 29.4. The number of carbonyl (C=O) groups is 2. The molecular formula is C25H25ClN6O3S2. The molecule has 0 fully saturated rings. The van der Waals surface area contributed by atoms with Crippen molar-refractivity contribution in [3.63, 3.8) is 0 Å². The van der Waals surface area contributed by atoms with Crippen molar-refractivity contribution in [1.29, 1.82) is 0 Å². The first-order chi connectivity index (χ1) is 17.9. The van der Waals surface area contributed by atoms with E-state index in [-0.39, 0.29) is 30.5 Å². The monoisotopic (exact) mass is 556 g/mol. The Hall–Kier alpha value is -3.41. The zero-order valence-electron chi connectivity index (χ0n) is 20.2. The van der Waals surface area contributed by atoms with Crippen molar-refractivity contribution in [3.05, 3.63) is 70.3 Å². The first-order valence-electron chi connectivity index (χ1n) is 11.4. The van der Waals surface area contributed by atoms with Crippen molar-refractivity contribution >= 4 is 51.6 Å². The van der Waals surface area contributed by atoms with Crippen LogP contribution >= 0.6 is 34.7 Å². The van der Waals surface area contributed by atoms with Crippen molar-refractivity contribution < 1.29 is 14.3 Å². The van der Waals surface area contributed by atoms with Crippen molar-refractivity contribution in [2.75, 3.05) is 18.2 Å². The second-order valence-corrected chi connectivity index (χ2v) is 10.1. The fourth-order valence-electron chi connectivity index (χ4n) is 3.41. The van der Waals surface area contributed by atoms with Crippen LogP contribution in [0.5, 0.6) is 5.75 Å². The van der Waals surface area contributed by atoms with Crippen LogP contribution in [0.25, 0.3) is 11.3 Å². The van der Waals surface area contributed by atoms with Gasteiger partial charge in [-0.05, 0) is 36.8 Å². The number of ether oxygens (including phenoxy) is 1. The molecule has 0 spiro atoms. The fraction of sp³-hybridized carbons (Fsp3) is 0.240. The van der Waals surface area contributed by atoms with Gasteiger partial charge in [-0.15, -0.1) is 21.5 Å². The van der Waals surface area contributed by atoms with E-state index in [1.165, 1.54) is 23.1 Å². The highest BCUT2D eigenvalue weighted by Gasteiger charge is 2.15. The first kappa shape index (κ1) is 26.6. The summed E-state index contributed by atoms with van der Waals surface area (Å²) in [7, 11) is 1.60. The lowest BCUT2D eigenvalue weighted by atomic mass is 10.1. The summed E-state index contributed by atoms with van der Waals surface area (Å²) in [6.07, 6.45) is 0.253. The normalized spacial score (nSPS) is 10.8. The van der Waals surface area contributed by atoms with E-state index in [0.717, 1.165) is 22.6 Å².